The normalized spacial score (nSPS) is 11.0. The predicted molar refractivity (Wildman–Crippen MR) is 78.9 cm³/mol. The molecule has 0 saturated heterocycles. The number of aryl methyl sites for hydroxylation is 2. The van der Waals surface area contributed by atoms with Crippen LogP contribution in [0.15, 0.2) is 31.4 Å². The largest absolute Gasteiger partial charge is 0.249 e. The summed E-state index contributed by atoms with van der Waals surface area (Å²) in [5.74, 6) is 0. The van der Waals surface area contributed by atoms with Gasteiger partial charge in [-0.05, 0) is 48.6 Å². The number of hydrogen-bond donors (Lipinski definition) is 0. The van der Waals surface area contributed by atoms with E-state index in [9.17, 15) is 0 Å². The highest BCUT2D eigenvalue weighted by Gasteiger charge is 2.12. The van der Waals surface area contributed by atoms with Crippen LogP contribution in [0.4, 0.5) is 0 Å². The third-order valence-corrected chi connectivity index (χ3v) is 3.86. The molecule has 0 saturated carbocycles. The average molecular weight is 282 g/mol. The zero-order chi connectivity index (χ0) is 14.8. The first-order valence-electron chi connectivity index (χ1n) is 6.88. The average Bonchev–Trinajstić information content (AvgIpc) is 3.13. The summed E-state index contributed by atoms with van der Waals surface area (Å²) in [6, 6.07) is 2.23. The van der Waals surface area contributed by atoms with Gasteiger partial charge in [-0.1, -0.05) is 6.07 Å². The van der Waals surface area contributed by atoms with Crippen LogP contribution in [0.2, 0.25) is 0 Å². The van der Waals surface area contributed by atoms with Crippen LogP contribution in [-0.2, 0) is 13.1 Å². The van der Waals surface area contributed by atoms with Gasteiger partial charge in [-0.25, -0.2) is 19.3 Å². The maximum Gasteiger partial charge on any atom is 0.137 e. The quantitative estimate of drug-likeness (QED) is 0.733. The lowest BCUT2D eigenvalue weighted by Crippen LogP contribution is -2.10. The molecule has 0 unspecified atom stereocenters. The number of benzene rings is 1. The molecule has 0 aliphatic rings. The van der Waals surface area contributed by atoms with E-state index in [0.29, 0.717) is 0 Å². The molecule has 2 aromatic heterocycles. The van der Waals surface area contributed by atoms with Gasteiger partial charge in [0.25, 0.3) is 0 Å². The monoisotopic (exact) mass is 282 g/mol. The second-order valence-electron chi connectivity index (χ2n) is 5.28. The van der Waals surface area contributed by atoms with Crippen molar-refractivity contribution in [2.45, 2.75) is 33.9 Å². The van der Waals surface area contributed by atoms with E-state index >= 15 is 0 Å². The molecule has 0 bridgehead atoms. The summed E-state index contributed by atoms with van der Waals surface area (Å²) in [6.07, 6.45) is 6.62. The van der Waals surface area contributed by atoms with Gasteiger partial charge in [0.05, 0.1) is 13.1 Å². The summed E-state index contributed by atoms with van der Waals surface area (Å²) in [7, 11) is 0. The fourth-order valence-corrected chi connectivity index (χ4v) is 2.71. The molecule has 2 heterocycles. The van der Waals surface area contributed by atoms with Gasteiger partial charge in [-0.2, -0.15) is 10.2 Å². The first-order valence-corrected chi connectivity index (χ1v) is 6.88. The molecule has 0 amide bonds. The van der Waals surface area contributed by atoms with E-state index in [1.165, 1.54) is 27.8 Å². The first kappa shape index (κ1) is 13.5. The maximum atomic E-state index is 4.20. The Labute approximate surface area is 123 Å². The molecular weight excluding hydrogens is 264 g/mol. The maximum absolute atomic E-state index is 4.20. The van der Waals surface area contributed by atoms with Crippen molar-refractivity contribution in [3.8, 4) is 0 Å². The molecular formula is C15H18N6. The molecule has 0 spiro atoms. The SMILES string of the molecule is Cc1cc(C)c(Cn2cncn2)c(C)c1Cn1cncn1. The van der Waals surface area contributed by atoms with Crippen LogP contribution in [0.25, 0.3) is 0 Å². The van der Waals surface area contributed by atoms with E-state index in [0.717, 1.165) is 13.1 Å². The molecule has 6 nitrogen and oxygen atoms in total. The van der Waals surface area contributed by atoms with E-state index in [1.54, 1.807) is 25.3 Å². The molecule has 0 fully saturated rings. The molecule has 0 aliphatic carbocycles. The molecule has 1 aromatic carbocycles. The third kappa shape index (κ3) is 2.69. The Balaban J connectivity index is 2.00. The second-order valence-corrected chi connectivity index (χ2v) is 5.28. The molecule has 21 heavy (non-hydrogen) atoms. The number of aromatic nitrogens is 6. The standard InChI is InChI=1S/C15H18N6/c1-11-4-12(2)15(6-21-10-17-8-19-21)13(3)14(11)5-20-9-16-7-18-20/h4,7-10H,5-6H2,1-3H3. The highest BCUT2D eigenvalue weighted by atomic mass is 15.3. The lowest BCUT2D eigenvalue weighted by molar-refractivity contribution is 0.662. The lowest BCUT2D eigenvalue weighted by atomic mass is 9.93. The summed E-state index contributed by atoms with van der Waals surface area (Å²) in [4.78, 5) is 8.02. The van der Waals surface area contributed by atoms with Gasteiger partial charge in [0.15, 0.2) is 0 Å². The molecule has 3 aromatic rings. The molecule has 108 valence electrons. The van der Waals surface area contributed by atoms with Crippen molar-refractivity contribution in [3.63, 3.8) is 0 Å². The lowest BCUT2D eigenvalue weighted by Gasteiger charge is -2.17. The van der Waals surface area contributed by atoms with E-state index in [4.69, 9.17) is 0 Å². The van der Waals surface area contributed by atoms with Gasteiger partial charge in [0.1, 0.15) is 25.3 Å². The van der Waals surface area contributed by atoms with Crippen LogP contribution in [-0.4, -0.2) is 29.5 Å². The highest BCUT2D eigenvalue weighted by Crippen LogP contribution is 2.23. The zero-order valence-corrected chi connectivity index (χ0v) is 12.5. The number of rotatable bonds is 4. The minimum Gasteiger partial charge on any atom is -0.249 e. The fourth-order valence-electron chi connectivity index (χ4n) is 2.71. The van der Waals surface area contributed by atoms with Crippen molar-refractivity contribution in [3.05, 3.63) is 59.2 Å². The summed E-state index contributed by atoms with van der Waals surface area (Å²) < 4.78 is 3.70. The van der Waals surface area contributed by atoms with Gasteiger partial charge >= 0.3 is 0 Å². The molecule has 6 heteroatoms. The summed E-state index contributed by atoms with van der Waals surface area (Å²) in [5, 5.41) is 8.40. The van der Waals surface area contributed by atoms with Crippen molar-refractivity contribution in [2.24, 2.45) is 0 Å². The Morgan fingerprint density at radius 3 is 1.67 bits per heavy atom. The second kappa shape index (κ2) is 5.47. The minimum absolute atomic E-state index is 0.738. The topological polar surface area (TPSA) is 61.4 Å². The Morgan fingerprint density at radius 2 is 1.29 bits per heavy atom. The molecule has 3 rings (SSSR count). The number of hydrogen-bond acceptors (Lipinski definition) is 4. The van der Waals surface area contributed by atoms with Gasteiger partial charge in [-0.3, -0.25) is 0 Å². The first-order chi connectivity index (χ1) is 10.1. The van der Waals surface area contributed by atoms with Crippen molar-refractivity contribution in [1.82, 2.24) is 29.5 Å². The van der Waals surface area contributed by atoms with Gasteiger partial charge in [0, 0.05) is 0 Å². The van der Waals surface area contributed by atoms with E-state index in [1.807, 2.05) is 9.36 Å². The Hall–Kier alpha value is -2.50. The fraction of sp³-hybridized carbons (Fsp3) is 0.333. The van der Waals surface area contributed by atoms with Crippen LogP contribution >= 0.6 is 0 Å². The van der Waals surface area contributed by atoms with Gasteiger partial charge in [-0.15, -0.1) is 0 Å². The predicted octanol–water partition coefficient (Wildman–Crippen LogP) is 1.89. The summed E-state index contributed by atoms with van der Waals surface area (Å²) in [5.41, 5.74) is 6.44. The molecule has 0 N–H and O–H groups in total. The van der Waals surface area contributed by atoms with Crippen LogP contribution in [0, 0.1) is 20.8 Å². The summed E-state index contributed by atoms with van der Waals surface area (Å²) >= 11 is 0. The van der Waals surface area contributed by atoms with Gasteiger partial charge < -0.3 is 0 Å². The van der Waals surface area contributed by atoms with Gasteiger partial charge in [0.2, 0.25) is 0 Å². The van der Waals surface area contributed by atoms with E-state index < -0.39 is 0 Å². The molecule has 0 radical (unpaired) electrons. The zero-order valence-electron chi connectivity index (χ0n) is 12.5. The van der Waals surface area contributed by atoms with Crippen molar-refractivity contribution in [2.75, 3.05) is 0 Å². The Kier molecular flexibility index (Phi) is 3.51. The number of nitrogens with zero attached hydrogens (tertiary/aromatic N) is 6. The molecule has 0 atom stereocenters. The highest BCUT2D eigenvalue weighted by molar-refractivity contribution is 5.44. The van der Waals surface area contributed by atoms with Crippen molar-refractivity contribution in [1.29, 1.82) is 0 Å². The van der Waals surface area contributed by atoms with Crippen molar-refractivity contribution >= 4 is 0 Å². The van der Waals surface area contributed by atoms with Crippen LogP contribution < -0.4 is 0 Å². The van der Waals surface area contributed by atoms with E-state index in [-0.39, 0.29) is 0 Å². The van der Waals surface area contributed by atoms with Crippen LogP contribution in [0.5, 0.6) is 0 Å². The Bertz CT molecular complexity index is 668. The molecule has 0 aliphatic heterocycles. The van der Waals surface area contributed by atoms with Crippen LogP contribution in [0.3, 0.4) is 0 Å². The third-order valence-electron chi connectivity index (χ3n) is 3.86. The summed E-state index contributed by atoms with van der Waals surface area (Å²) in [6.45, 7) is 7.93. The Morgan fingerprint density at radius 1 is 0.810 bits per heavy atom. The van der Waals surface area contributed by atoms with Crippen LogP contribution in [0.1, 0.15) is 27.8 Å². The smallest absolute Gasteiger partial charge is 0.137 e. The van der Waals surface area contributed by atoms with Crippen molar-refractivity contribution < 1.29 is 0 Å². The van der Waals surface area contributed by atoms with E-state index in [2.05, 4.69) is 47.0 Å². The minimum atomic E-state index is 0.738.